The largest absolute Gasteiger partial charge is 0.394 e. The summed E-state index contributed by atoms with van der Waals surface area (Å²) in [7, 11) is -3.66. The van der Waals surface area contributed by atoms with Gasteiger partial charge in [0, 0.05) is 23.9 Å². The molecule has 184 valence electrons. The average molecular weight is 494 g/mol. The van der Waals surface area contributed by atoms with Crippen molar-refractivity contribution in [2.45, 2.75) is 49.6 Å². The molecule has 1 amide bonds. The molecule has 1 aliphatic carbocycles. The van der Waals surface area contributed by atoms with Crippen molar-refractivity contribution in [3.63, 3.8) is 0 Å². The summed E-state index contributed by atoms with van der Waals surface area (Å²) >= 11 is 0. The molecule has 8 heteroatoms. The van der Waals surface area contributed by atoms with E-state index in [9.17, 15) is 18.3 Å². The zero-order chi connectivity index (χ0) is 24.8. The van der Waals surface area contributed by atoms with E-state index in [1.54, 1.807) is 30.5 Å². The molecular weight excluding hydrogens is 462 g/mol. The minimum Gasteiger partial charge on any atom is -0.394 e. The molecule has 1 aliphatic rings. The molecule has 0 unspecified atom stereocenters. The highest BCUT2D eigenvalue weighted by atomic mass is 32.2. The van der Waals surface area contributed by atoms with E-state index in [1.165, 1.54) is 0 Å². The Bertz CT molecular complexity index is 1240. The van der Waals surface area contributed by atoms with Crippen LogP contribution in [0.3, 0.4) is 0 Å². The van der Waals surface area contributed by atoms with Crippen LogP contribution in [0.1, 0.15) is 43.0 Å². The summed E-state index contributed by atoms with van der Waals surface area (Å²) < 4.78 is 28.7. The van der Waals surface area contributed by atoms with Gasteiger partial charge in [-0.25, -0.2) is 13.1 Å². The molecule has 3 N–H and O–H groups in total. The molecule has 1 saturated carbocycles. The summed E-state index contributed by atoms with van der Waals surface area (Å²) in [6.07, 6.45) is 4.08. The maximum absolute atomic E-state index is 12.9. The van der Waals surface area contributed by atoms with Crippen molar-refractivity contribution >= 4 is 15.9 Å². The van der Waals surface area contributed by atoms with Crippen molar-refractivity contribution in [2.24, 2.45) is 5.92 Å². The SMILES string of the molecule is Cc1cc(-c2ccc(S(=O)(=O)NC3CCC(C(=O)N[C@H](CO)c4ccccc4)CC3)cc2)ccn1. The highest BCUT2D eigenvalue weighted by Crippen LogP contribution is 2.27. The van der Waals surface area contributed by atoms with Gasteiger partial charge in [0.05, 0.1) is 17.5 Å². The Hall–Kier alpha value is -3.07. The summed E-state index contributed by atoms with van der Waals surface area (Å²) in [6, 6.07) is 19.4. The van der Waals surface area contributed by atoms with E-state index in [4.69, 9.17) is 0 Å². The molecule has 1 aromatic heterocycles. The molecule has 1 fully saturated rings. The van der Waals surface area contributed by atoms with Crippen molar-refractivity contribution in [1.29, 1.82) is 0 Å². The molecule has 4 rings (SSSR count). The smallest absolute Gasteiger partial charge is 0.240 e. The Morgan fingerprint density at radius 1 is 1.00 bits per heavy atom. The quantitative estimate of drug-likeness (QED) is 0.443. The summed E-state index contributed by atoms with van der Waals surface area (Å²) in [5.74, 6) is -0.298. The molecule has 3 aromatic rings. The fourth-order valence-electron chi connectivity index (χ4n) is 4.52. The molecular formula is C27H31N3O4S. The number of pyridine rings is 1. The number of amides is 1. The summed E-state index contributed by atoms with van der Waals surface area (Å²) in [4.78, 5) is 17.2. The Balaban J connectivity index is 1.32. The second-order valence-corrected chi connectivity index (χ2v) is 10.7. The van der Waals surface area contributed by atoms with Crippen molar-refractivity contribution in [3.8, 4) is 11.1 Å². The van der Waals surface area contributed by atoms with Crippen molar-refractivity contribution in [1.82, 2.24) is 15.0 Å². The first-order valence-electron chi connectivity index (χ1n) is 11.9. The fourth-order valence-corrected chi connectivity index (χ4v) is 5.83. The van der Waals surface area contributed by atoms with Gasteiger partial charge < -0.3 is 10.4 Å². The van der Waals surface area contributed by atoms with Gasteiger partial charge >= 0.3 is 0 Å². The monoisotopic (exact) mass is 493 g/mol. The average Bonchev–Trinajstić information content (AvgIpc) is 2.88. The minimum absolute atomic E-state index is 0.101. The highest BCUT2D eigenvalue weighted by molar-refractivity contribution is 7.89. The fraction of sp³-hybridized carbons (Fsp3) is 0.333. The first-order valence-corrected chi connectivity index (χ1v) is 13.4. The molecule has 0 bridgehead atoms. The molecule has 0 saturated heterocycles. The van der Waals surface area contributed by atoms with Gasteiger partial charge in [-0.3, -0.25) is 9.78 Å². The molecule has 2 aromatic carbocycles. The lowest BCUT2D eigenvalue weighted by molar-refractivity contribution is -0.127. The standard InChI is InChI=1S/C27H31N3O4S/c1-19-17-23(15-16-28-19)20-9-13-25(14-10-20)35(33,34)30-24-11-7-22(8-12-24)27(32)29-26(18-31)21-5-3-2-4-6-21/h2-6,9-10,13-17,22,24,26,30-31H,7-8,11-12,18H2,1H3,(H,29,32)/t22?,24?,26-/m1/s1. The lowest BCUT2D eigenvalue weighted by Crippen LogP contribution is -2.42. The van der Waals surface area contributed by atoms with E-state index in [-0.39, 0.29) is 29.4 Å². The normalized spacial score (nSPS) is 19.1. The number of hydrogen-bond donors (Lipinski definition) is 3. The molecule has 35 heavy (non-hydrogen) atoms. The molecule has 1 heterocycles. The van der Waals surface area contributed by atoms with Crippen LogP contribution in [0.25, 0.3) is 11.1 Å². The highest BCUT2D eigenvalue weighted by Gasteiger charge is 2.30. The number of sulfonamides is 1. The van der Waals surface area contributed by atoms with Crippen LogP contribution in [0.2, 0.25) is 0 Å². The van der Waals surface area contributed by atoms with Crippen LogP contribution < -0.4 is 10.0 Å². The second kappa shape index (κ2) is 11.1. The van der Waals surface area contributed by atoms with Crippen molar-refractivity contribution in [2.75, 3.05) is 6.61 Å². The van der Waals surface area contributed by atoms with E-state index in [1.807, 2.05) is 49.4 Å². The maximum atomic E-state index is 12.9. The van der Waals surface area contributed by atoms with Crippen LogP contribution in [0, 0.1) is 12.8 Å². The Morgan fingerprint density at radius 3 is 2.31 bits per heavy atom. The number of rotatable bonds is 8. The Labute approximate surface area is 206 Å². The van der Waals surface area contributed by atoms with E-state index >= 15 is 0 Å². The summed E-state index contributed by atoms with van der Waals surface area (Å²) in [6.45, 7) is 1.74. The maximum Gasteiger partial charge on any atom is 0.240 e. The van der Waals surface area contributed by atoms with Gasteiger partial charge in [0.2, 0.25) is 15.9 Å². The number of hydrogen-bond acceptors (Lipinski definition) is 5. The lowest BCUT2D eigenvalue weighted by atomic mass is 9.85. The predicted octanol–water partition coefficient (Wildman–Crippen LogP) is 3.74. The molecule has 7 nitrogen and oxygen atoms in total. The molecule has 0 radical (unpaired) electrons. The van der Waals surface area contributed by atoms with Crippen LogP contribution in [-0.4, -0.2) is 37.1 Å². The van der Waals surface area contributed by atoms with E-state index in [2.05, 4.69) is 15.0 Å². The summed E-state index contributed by atoms with van der Waals surface area (Å²) in [5.41, 5.74) is 3.67. The molecule has 0 spiro atoms. The van der Waals surface area contributed by atoms with Crippen LogP contribution in [0.4, 0.5) is 0 Å². The number of benzene rings is 2. The zero-order valence-corrected chi connectivity index (χ0v) is 20.5. The van der Waals surface area contributed by atoms with Gasteiger partial charge in [-0.1, -0.05) is 42.5 Å². The predicted molar refractivity (Wildman–Crippen MR) is 135 cm³/mol. The van der Waals surface area contributed by atoms with Gasteiger partial charge in [0.25, 0.3) is 0 Å². The topological polar surface area (TPSA) is 108 Å². The zero-order valence-electron chi connectivity index (χ0n) is 19.7. The summed E-state index contributed by atoms with van der Waals surface area (Å²) in [5, 5.41) is 12.6. The molecule has 1 atom stereocenters. The first kappa shape index (κ1) is 25.0. The Morgan fingerprint density at radius 2 is 1.69 bits per heavy atom. The van der Waals surface area contributed by atoms with Crippen LogP contribution in [-0.2, 0) is 14.8 Å². The van der Waals surface area contributed by atoms with E-state index in [0.717, 1.165) is 22.4 Å². The minimum atomic E-state index is -3.66. The third-order valence-corrected chi connectivity index (χ3v) is 8.05. The van der Waals surface area contributed by atoms with Crippen LogP contribution >= 0.6 is 0 Å². The molecule has 0 aliphatic heterocycles. The Kier molecular flexibility index (Phi) is 7.95. The number of aryl methyl sites for hydroxylation is 1. The number of aromatic nitrogens is 1. The van der Waals surface area contributed by atoms with Gasteiger partial charge in [0.1, 0.15) is 0 Å². The van der Waals surface area contributed by atoms with E-state index < -0.39 is 16.1 Å². The van der Waals surface area contributed by atoms with Crippen LogP contribution in [0.15, 0.2) is 77.8 Å². The third-order valence-electron chi connectivity index (χ3n) is 6.52. The second-order valence-electron chi connectivity index (χ2n) is 9.03. The number of carbonyl (C=O) groups is 1. The first-order chi connectivity index (χ1) is 16.9. The number of carbonyl (C=O) groups excluding carboxylic acids is 1. The van der Waals surface area contributed by atoms with Gasteiger partial charge in [-0.2, -0.15) is 0 Å². The van der Waals surface area contributed by atoms with E-state index in [0.29, 0.717) is 25.7 Å². The van der Waals surface area contributed by atoms with Crippen LogP contribution in [0.5, 0.6) is 0 Å². The lowest BCUT2D eigenvalue weighted by Gasteiger charge is -2.29. The number of aliphatic hydroxyl groups is 1. The number of nitrogens with zero attached hydrogens (tertiary/aromatic N) is 1. The van der Waals surface area contributed by atoms with Gasteiger partial charge in [-0.05, 0) is 73.6 Å². The van der Waals surface area contributed by atoms with Crippen molar-refractivity contribution < 1.29 is 18.3 Å². The van der Waals surface area contributed by atoms with Gasteiger partial charge in [0.15, 0.2) is 0 Å². The number of nitrogens with one attached hydrogen (secondary N) is 2. The third kappa shape index (κ3) is 6.33. The number of aliphatic hydroxyl groups excluding tert-OH is 1. The van der Waals surface area contributed by atoms with Crippen molar-refractivity contribution in [3.05, 3.63) is 84.2 Å². The van der Waals surface area contributed by atoms with Gasteiger partial charge in [-0.15, -0.1) is 0 Å².